The van der Waals surface area contributed by atoms with Gasteiger partial charge < -0.3 is 9.64 Å². The van der Waals surface area contributed by atoms with Gasteiger partial charge in [-0.25, -0.2) is 4.39 Å². The first-order chi connectivity index (χ1) is 13.2. The summed E-state index contributed by atoms with van der Waals surface area (Å²) in [7, 11) is 1.90. The lowest BCUT2D eigenvalue weighted by molar-refractivity contribution is -0.146. The molecule has 0 fully saturated rings. The second-order valence-electron chi connectivity index (χ2n) is 7.23. The summed E-state index contributed by atoms with van der Waals surface area (Å²) in [4.78, 5) is 26.4. The Hall–Kier alpha value is -2.66. The summed E-state index contributed by atoms with van der Waals surface area (Å²) in [5, 5.41) is 0.150. The van der Waals surface area contributed by atoms with Crippen LogP contribution in [-0.2, 0) is 26.2 Å². The Kier molecular flexibility index (Phi) is 5.57. The van der Waals surface area contributed by atoms with Crippen molar-refractivity contribution in [3.63, 3.8) is 0 Å². The lowest BCUT2D eigenvalue weighted by Crippen LogP contribution is -2.25. The van der Waals surface area contributed by atoms with Crippen LogP contribution in [0.25, 0.3) is 0 Å². The molecule has 0 unspecified atom stereocenters. The zero-order valence-corrected chi connectivity index (χ0v) is 16.7. The summed E-state index contributed by atoms with van der Waals surface area (Å²) in [6.07, 6.45) is 1.18. The van der Waals surface area contributed by atoms with Crippen LogP contribution in [0.3, 0.4) is 0 Å². The van der Waals surface area contributed by atoms with Crippen LogP contribution in [0.4, 0.5) is 10.1 Å². The lowest BCUT2D eigenvalue weighted by atomic mass is 9.83. The molecule has 146 valence electrons. The van der Waals surface area contributed by atoms with Gasteiger partial charge in [0.05, 0.1) is 6.42 Å². The van der Waals surface area contributed by atoms with Crippen LogP contribution < -0.4 is 4.90 Å². The van der Waals surface area contributed by atoms with Crippen molar-refractivity contribution < 1.29 is 18.7 Å². The Morgan fingerprint density at radius 1 is 1.18 bits per heavy atom. The number of anilines is 1. The maximum absolute atomic E-state index is 13.8. The fourth-order valence-corrected chi connectivity index (χ4v) is 3.73. The normalized spacial score (nSPS) is 16.2. The van der Waals surface area contributed by atoms with Gasteiger partial charge in [-0.05, 0) is 23.8 Å². The number of halogens is 2. The fraction of sp³-hybridized carbons (Fsp3) is 0.273. The predicted molar refractivity (Wildman–Crippen MR) is 107 cm³/mol. The highest BCUT2D eigenvalue weighted by Gasteiger charge is 2.38. The number of benzene rings is 2. The van der Waals surface area contributed by atoms with E-state index in [1.54, 1.807) is 0 Å². The molecule has 0 saturated carbocycles. The molecule has 0 spiro atoms. The molecule has 0 aromatic heterocycles. The number of nitrogens with zero attached hydrogens (tertiary/aromatic N) is 1. The average molecular weight is 402 g/mol. The van der Waals surface area contributed by atoms with Crippen LogP contribution in [0.15, 0.2) is 54.2 Å². The third kappa shape index (κ3) is 3.80. The van der Waals surface area contributed by atoms with E-state index in [4.69, 9.17) is 16.3 Å². The standard InChI is InChI=1S/C22H21ClFNO3/c1-22(2)16-7-4-5-10-19(16)25(3)20(22)11-14(26)13-28-21(27)12-15-17(23)8-6-9-18(15)24/h4-11H,12-13H2,1-3H3. The van der Waals surface area contributed by atoms with Gasteiger partial charge >= 0.3 is 5.97 Å². The Balaban J connectivity index is 1.67. The van der Waals surface area contributed by atoms with Crippen molar-refractivity contribution in [2.45, 2.75) is 25.7 Å². The minimum Gasteiger partial charge on any atom is -0.457 e. The number of carbonyl (C=O) groups excluding carboxylic acids is 2. The number of hydrogen-bond acceptors (Lipinski definition) is 4. The van der Waals surface area contributed by atoms with Gasteiger partial charge in [0.2, 0.25) is 0 Å². The summed E-state index contributed by atoms with van der Waals surface area (Å²) in [5.74, 6) is -1.62. The van der Waals surface area contributed by atoms with E-state index >= 15 is 0 Å². The molecule has 28 heavy (non-hydrogen) atoms. The van der Waals surface area contributed by atoms with Crippen molar-refractivity contribution in [2.24, 2.45) is 0 Å². The molecular formula is C22H21ClFNO3. The zero-order valence-electron chi connectivity index (χ0n) is 16.0. The van der Waals surface area contributed by atoms with Crippen LogP contribution in [0.2, 0.25) is 5.02 Å². The first kappa shape index (κ1) is 20.1. The van der Waals surface area contributed by atoms with Crippen LogP contribution in [0, 0.1) is 5.82 Å². The minimum absolute atomic E-state index is 0.0621. The number of carbonyl (C=O) groups is 2. The van der Waals surface area contributed by atoms with Gasteiger partial charge in [-0.2, -0.15) is 0 Å². The molecule has 2 aromatic carbocycles. The van der Waals surface area contributed by atoms with E-state index in [1.165, 1.54) is 24.3 Å². The van der Waals surface area contributed by atoms with Gasteiger partial charge in [0.1, 0.15) is 5.82 Å². The maximum Gasteiger partial charge on any atom is 0.310 e. The molecule has 1 aliphatic rings. The quantitative estimate of drug-likeness (QED) is 0.548. The first-order valence-electron chi connectivity index (χ1n) is 8.88. The molecule has 1 aliphatic heterocycles. The number of para-hydroxylation sites is 1. The molecule has 2 aromatic rings. The molecule has 0 atom stereocenters. The molecule has 0 aliphatic carbocycles. The molecule has 0 radical (unpaired) electrons. The fourth-order valence-electron chi connectivity index (χ4n) is 3.50. The second kappa shape index (κ2) is 7.76. The molecule has 3 rings (SSSR count). The van der Waals surface area contributed by atoms with E-state index in [0.717, 1.165) is 16.9 Å². The van der Waals surface area contributed by atoms with Crippen molar-refractivity contribution in [1.82, 2.24) is 0 Å². The highest BCUT2D eigenvalue weighted by Crippen LogP contribution is 2.46. The van der Waals surface area contributed by atoms with Crippen molar-refractivity contribution in [3.05, 3.63) is 76.2 Å². The number of allylic oxidation sites excluding steroid dienone is 1. The number of hydrogen-bond donors (Lipinski definition) is 0. The second-order valence-corrected chi connectivity index (χ2v) is 7.64. The third-order valence-electron chi connectivity index (χ3n) is 5.00. The van der Waals surface area contributed by atoms with Crippen LogP contribution in [0.5, 0.6) is 0 Å². The largest absolute Gasteiger partial charge is 0.457 e. The summed E-state index contributed by atoms with van der Waals surface area (Å²) < 4.78 is 18.8. The summed E-state index contributed by atoms with van der Waals surface area (Å²) in [6, 6.07) is 12.1. The molecular weight excluding hydrogens is 381 g/mol. The first-order valence-corrected chi connectivity index (χ1v) is 9.26. The van der Waals surface area contributed by atoms with Gasteiger partial charge in [0.15, 0.2) is 12.4 Å². The lowest BCUT2D eigenvalue weighted by Gasteiger charge is -2.23. The third-order valence-corrected chi connectivity index (χ3v) is 5.35. The number of ketones is 1. The van der Waals surface area contributed by atoms with Crippen molar-refractivity contribution in [2.75, 3.05) is 18.6 Å². The summed E-state index contributed by atoms with van der Waals surface area (Å²) in [6.45, 7) is 3.68. The van der Waals surface area contributed by atoms with E-state index in [9.17, 15) is 14.0 Å². The summed E-state index contributed by atoms with van der Waals surface area (Å²) in [5.41, 5.74) is 2.71. The Morgan fingerprint density at radius 3 is 2.57 bits per heavy atom. The maximum atomic E-state index is 13.8. The van der Waals surface area contributed by atoms with E-state index in [2.05, 4.69) is 0 Å². The van der Waals surface area contributed by atoms with E-state index in [1.807, 2.05) is 50.1 Å². The van der Waals surface area contributed by atoms with E-state index in [0.29, 0.717) is 0 Å². The van der Waals surface area contributed by atoms with Crippen LogP contribution >= 0.6 is 11.6 Å². The number of likely N-dealkylation sites (N-methyl/N-ethyl adjacent to an activating group) is 1. The van der Waals surface area contributed by atoms with Gasteiger partial charge in [-0.3, -0.25) is 9.59 Å². The molecule has 0 amide bonds. The number of ether oxygens (including phenoxy) is 1. The molecule has 0 saturated heterocycles. The van der Waals surface area contributed by atoms with Crippen molar-refractivity contribution >= 4 is 29.0 Å². The Bertz CT molecular complexity index is 948. The number of esters is 1. The zero-order chi connectivity index (χ0) is 20.5. The molecule has 6 heteroatoms. The van der Waals surface area contributed by atoms with Crippen LogP contribution in [-0.4, -0.2) is 25.4 Å². The van der Waals surface area contributed by atoms with Gasteiger partial charge in [0.25, 0.3) is 0 Å². The van der Waals surface area contributed by atoms with Crippen molar-refractivity contribution in [1.29, 1.82) is 0 Å². The van der Waals surface area contributed by atoms with E-state index in [-0.39, 0.29) is 28.2 Å². The van der Waals surface area contributed by atoms with E-state index < -0.39 is 18.4 Å². The average Bonchev–Trinajstić information content (AvgIpc) is 2.84. The molecule has 0 bridgehead atoms. The van der Waals surface area contributed by atoms with Crippen LogP contribution in [0.1, 0.15) is 25.0 Å². The smallest absolute Gasteiger partial charge is 0.310 e. The highest BCUT2D eigenvalue weighted by atomic mass is 35.5. The predicted octanol–water partition coefficient (Wildman–Crippen LogP) is 4.45. The summed E-state index contributed by atoms with van der Waals surface area (Å²) >= 11 is 5.91. The Morgan fingerprint density at radius 2 is 1.89 bits per heavy atom. The number of fused-ring (bicyclic) bond motifs is 1. The molecule has 1 heterocycles. The highest BCUT2D eigenvalue weighted by molar-refractivity contribution is 6.31. The van der Waals surface area contributed by atoms with Gasteiger partial charge in [-0.1, -0.05) is 49.7 Å². The van der Waals surface area contributed by atoms with Crippen molar-refractivity contribution in [3.8, 4) is 0 Å². The topological polar surface area (TPSA) is 46.6 Å². The SMILES string of the molecule is CN1C(=CC(=O)COC(=O)Cc2c(F)cccc2Cl)C(C)(C)c2ccccc21. The van der Waals surface area contributed by atoms with Gasteiger partial charge in [0, 0.05) is 40.5 Å². The van der Waals surface area contributed by atoms with Gasteiger partial charge in [-0.15, -0.1) is 0 Å². The molecule has 4 nitrogen and oxygen atoms in total. The monoisotopic (exact) mass is 401 g/mol. The number of rotatable bonds is 5. The molecule has 0 N–H and O–H groups in total. The minimum atomic E-state index is -0.707. The Labute approximate surface area is 168 Å².